The zero-order chi connectivity index (χ0) is 15.6. The molecule has 0 aliphatic carbocycles. The molecule has 3 aromatic rings. The quantitative estimate of drug-likeness (QED) is 0.787. The molecule has 3 rings (SSSR count). The summed E-state index contributed by atoms with van der Waals surface area (Å²) in [6.07, 6.45) is 1.64. The van der Waals surface area contributed by atoms with Crippen LogP contribution in [0.5, 0.6) is 0 Å². The maximum atomic E-state index is 11.7. The Bertz CT molecular complexity index is 874. The molecule has 2 heterocycles. The Labute approximate surface area is 127 Å². The van der Waals surface area contributed by atoms with Crippen LogP contribution in [0.3, 0.4) is 0 Å². The summed E-state index contributed by atoms with van der Waals surface area (Å²) in [7, 11) is -2.10. The lowest BCUT2D eigenvalue weighted by Crippen LogP contribution is -2.18. The van der Waals surface area contributed by atoms with Crippen LogP contribution in [0.15, 0.2) is 58.1 Å². The predicted molar refractivity (Wildman–Crippen MR) is 79.2 cm³/mol. The van der Waals surface area contributed by atoms with Crippen LogP contribution in [-0.4, -0.2) is 30.6 Å². The van der Waals surface area contributed by atoms with Crippen molar-refractivity contribution in [3.63, 3.8) is 0 Å². The normalized spacial score (nSPS) is 11.5. The van der Waals surface area contributed by atoms with Crippen LogP contribution in [0.1, 0.15) is 0 Å². The zero-order valence-corrected chi connectivity index (χ0v) is 12.4. The second-order valence-corrected chi connectivity index (χ2v) is 6.26. The van der Waals surface area contributed by atoms with E-state index in [9.17, 15) is 8.42 Å². The van der Waals surface area contributed by atoms with Crippen LogP contribution in [0.25, 0.3) is 23.0 Å². The average molecular weight is 316 g/mol. The minimum atomic E-state index is -3.46. The fourth-order valence-electron chi connectivity index (χ4n) is 1.83. The maximum Gasteiger partial charge on any atom is 0.258 e. The Morgan fingerprint density at radius 2 is 1.86 bits per heavy atom. The van der Waals surface area contributed by atoms with E-state index in [4.69, 9.17) is 4.52 Å². The second-order valence-electron chi connectivity index (χ2n) is 4.37. The van der Waals surface area contributed by atoms with E-state index in [1.54, 1.807) is 30.5 Å². The number of rotatable bonds is 4. The summed E-state index contributed by atoms with van der Waals surface area (Å²) in [6, 6.07) is 11.6. The first kappa shape index (κ1) is 14.4. The van der Waals surface area contributed by atoms with Gasteiger partial charge in [-0.3, -0.25) is 4.98 Å². The van der Waals surface area contributed by atoms with Gasteiger partial charge < -0.3 is 4.52 Å². The van der Waals surface area contributed by atoms with Crippen molar-refractivity contribution in [1.29, 1.82) is 0 Å². The molecule has 0 saturated heterocycles. The van der Waals surface area contributed by atoms with Gasteiger partial charge in [0.2, 0.25) is 15.8 Å². The molecule has 1 aromatic carbocycles. The standard InChI is InChI=1S/C14H12N4O3S/c1-15-22(19,20)11-7-5-10(6-8-11)14-17-13(18-21-14)12-4-2-3-9-16-12/h2-9,15H,1H3. The van der Waals surface area contributed by atoms with Crippen LogP contribution in [0, 0.1) is 0 Å². The molecule has 0 unspecified atom stereocenters. The number of pyridine rings is 1. The largest absolute Gasteiger partial charge is 0.334 e. The monoisotopic (exact) mass is 316 g/mol. The van der Waals surface area contributed by atoms with Crippen molar-refractivity contribution in [2.45, 2.75) is 4.90 Å². The zero-order valence-electron chi connectivity index (χ0n) is 11.6. The molecule has 8 heteroatoms. The van der Waals surface area contributed by atoms with Gasteiger partial charge in [0.05, 0.1) is 4.90 Å². The highest BCUT2D eigenvalue weighted by atomic mass is 32.2. The van der Waals surface area contributed by atoms with E-state index in [1.807, 2.05) is 6.07 Å². The van der Waals surface area contributed by atoms with Crippen molar-refractivity contribution < 1.29 is 12.9 Å². The highest BCUT2D eigenvalue weighted by Gasteiger charge is 2.14. The van der Waals surface area contributed by atoms with Crippen molar-refractivity contribution in [1.82, 2.24) is 19.8 Å². The SMILES string of the molecule is CNS(=O)(=O)c1ccc(-c2nc(-c3ccccn3)no2)cc1. The minimum Gasteiger partial charge on any atom is -0.334 e. The van der Waals surface area contributed by atoms with Gasteiger partial charge in [0.15, 0.2) is 0 Å². The molecule has 0 radical (unpaired) electrons. The summed E-state index contributed by atoms with van der Waals surface area (Å²) in [6.45, 7) is 0. The van der Waals surface area contributed by atoms with Crippen LogP contribution < -0.4 is 4.72 Å². The third kappa shape index (κ3) is 2.74. The van der Waals surface area contributed by atoms with E-state index >= 15 is 0 Å². The van der Waals surface area contributed by atoms with Gasteiger partial charge in [-0.1, -0.05) is 11.2 Å². The van der Waals surface area contributed by atoms with Crippen LogP contribution in [0.2, 0.25) is 0 Å². The van der Waals surface area contributed by atoms with Gasteiger partial charge in [-0.05, 0) is 43.4 Å². The Kier molecular flexibility index (Phi) is 3.70. The lowest BCUT2D eigenvalue weighted by molar-refractivity contribution is 0.432. The Morgan fingerprint density at radius 3 is 2.50 bits per heavy atom. The van der Waals surface area contributed by atoms with Crippen molar-refractivity contribution in [3.8, 4) is 23.0 Å². The molecule has 0 atom stereocenters. The number of benzene rings is 1. The molecule has 0 aliphatic heterocycles. The third-order valence-corrected chi connectivity index (χ3v) is 4.43. The fraction of sp³-hybridized carbons (Fsp3) is 0.0714. The smallest absolute Gasteiger partial charge is 0.258 e. The molecule has 0 bridgehead atoms. The van der Waals surface area contributed by atoms with Crippen molar-refractivity contribution in [3.05, 3.63) is 48.7 Å². The highest BCUT2D eigenvalue weighted by Crippen LogP contribution is 2.22. The van der Waals surface area contributed by atoms with E-state index < -0.39 is 10.0 Å². The van der Waals surface area contributed by atoms with Gasteiger partial charge >= 0.3 is 0 Å². The molecule has 0 amide bonds. The molecule has 7 nitrogen and oxygen atoms in total. The first-order valence-corrected chi connectivity index (χ1v) is 7.87. The molecule has 22 heavy (non-hydrogen) atoms. The second kappa shape index (κ2) is 5.66. The molecule has 112 valence electrons. The number of hydrogen-bond donors (Lipinski definition) is 1. The third-order valence-electron chi connectivity index (χ3n) is 3.00. The lowest BCUT2D eigenvalue weighted by Gasteiger charge is -2.02. The van der Waals surface area contributed by atoms with Gasteiger partial charge in [-0.2, -0.15) is 4.98 Å². The molecular formula is C14H12N4O3S. The first-order valence-electron chi connectivity index (χ1n) is 6.39. The molecule has 0 saturated carbocycles. The number of nitrogens with one attached hydrogen (secondary N) is 1. The summed E-state index contributed by atoms with van der Waals surface area (Å²) < 4.78 is 30.8. The summed E-state index contributed by atoms with van der Waals surface area (Å²) in [5.74, 6) is 0.677. The summed E-state index contributed by atoms with van der Waals surface area (Å²) in [5, 5.41) is 3.87. The number of aromatic nitrogens is 3. The maximum absolute atomic E-state index is 11.7. The van der Waals surface area contributed by atoms with Gasteiger partial charge in [0.25, 0.3) is 5.89 Å². The van der Waals surface area contributed by atoms with E-state index in [1.165, 1.54) is 19.2 Å². The van der Waals surface area contributed by atoms with Gasteiger partial charge in [0.1, 0.15) is 5.69 Å². The van der Waals surface area contributed by atoms with Crippen molar-refractivity contribution >= 4 is 10.0 Å². The van der Waals surface area contributed by atoms with E-state index in [0.29, 0.717) is 23.0 Å². The molecule has 1 N–H and O–H groups in total. The van der Waals surface area contributed by atoms with Gasteiger partial charge in [-0.25, -0.2) is 13.1 Å². The first-order chi connectivity index (χ1) is 10.6. The van der Waals surface area contributed by atoms with E-state index in [0.717, 1.165) is 0 Å². The molecule has 0 fully saturated rings. The van der Waals surface area contributed by atoms with E-state index in [2.05, 4.69) is 19.8 Å². The fourth-order valence-corrected chi connectivity index (χ4v) is 2.56. The van der Waals surface area contributed by atoms with Gasteiger partial charge in [-0.15, -0.1) is 0 Å². The minimum absolute atomic E-state index is 0.170. The van der Waals surface area contributed by atoms with Crippen molar-refractivity contribution in [2.24, 2.45) is 0 Å². The molecule has 0 aliphatic rings. The highest BCUT2D eigenvalue weighted by molar-refractivity contribution is 7.89. The van der Waals surface area contributed by atoms with E-state index in [-0.39, 0.29) is 4.90 Å². The number of hydrogen-bond acceptors (Lipinski definition) is 6. The molecule has 2 aromatic heterocycles. The topological polar surface area (TPSA) is 98.0 Å². The van der Waals surface area contributed by atoms with Crippen LogP contribution in [0.4, 0.5) is 0 Å². The van der Waals surface area contributed by atoms with Crippen LogP contribution >= 0.6 is 0 Å². The average Bonchev–Trinajstić information content (AvgIpc) is 3.06. The number of sulfonamides is 1. The molecular weight excluding hydrogens is 304 g/mol. The summed E-state index contributed by atoms with van der Waals surface area (Å²) in [4.78, 5) is 8.57. The Morgan fingerprint density at radius 1 is 1.09 bits per heavy atom. The summed E-state index contributed by atoms with van der Waals surface area (Å²) >= 11 is 0. The van der Waals surface area contributed by atoms with Crippen molar-refractivity contribution in [2.75, 3.05) is 7.05 Å². The predicted octanol–water partition coefficient (Wildman–Crippen LogP) is 1.71. The Hall–Kier alpha value is -2.58. The number of nitrogens with zero attached hydrogens (tertiary/aromatic N) is 3. The van der Waals surface area contributed by atoms with Gasteiger partial charge in [0, 0.05) is 11.8 Å². The van der Waals surface area contributed by atoms with Crippen LogP contribution in [-0.2, 0) is 10.0 Å². The summed E-state index contributed by atoms with van der Waals surface area (Å²) in [5.41, 5.74) is 1.23. The Balaban J connectivity index is 1.91. The molecule has 0 spiro atoms. The lowest BCUT2D eigenvalue weighted by atomic mass is 10.2.